The van der Waals surface area contributed by atoms with Crippen LogP contribution in [-0.4, -0.2) is 27.8 Å². The van der Waals surface area contributed by atoms with Crippen molar-refractivity contribution in [2.24, 2.45) is 0 Å². The largest absolute Gasteiger partial charge is 0.347 e. The quantitative estimate of drug-likeness (QED) is 0.872. The van der Waals surface area contributed by atoms with Crippen LogP contribution in [0.1, 0.15) is 11.4 Å². The van der Waals surface area contributed by atoms with Gasteiger partial charge >= 0.3 is 0 Å². The maximum atomic E-state index is 11.9. The number of hydrogen-bond acceptors (Lipinski definition) is 2. The average molecular weight is 276 g/mol. The molecule has 0 radical (unpaired) electrons. The summed E-state index contributed by atoms with van der Waals surface area (Å²) in [6.45, 7) is 0.455. The molecule has 98 valence electrons. The lowest BCUT2D eigenvalue weighted by Crippen LogP contribution is -2.24. The van der Waals surface area contributed by atoms with Crippen LogP contribution in [0.5, 0.6) is 0 Å². The molecule has 4 nitrogen and oxygen atoms in total. The second-order valence-electron chi connectivity index (χ2n) is 4.12. The van der Waals surface area contributed by atoms with E-state index < -0.39 is 0 Å². The third-order valence-electron chi connectivity index (χ3n) is 2.61. The molecule has 0 spiro atoms. The average Bonchev–Trinajstić information content (AvgIpc) is 2.90. The van der Waals surface area contributed by atoms with Crippen molar-refractivity contribution in [2.75, 3.05) is 7.05 Å². The first kappa shape index (κ1) is 13.4. The first-order valence-corrected chi connectivity index (χ1v) is 6.20. The minimum absolute atomic E-state index is 0.0775. The summed E-state index contributed by atoms with van der Waals surface area (Å²) in [5.74, 6) is 0.682. The molecule has 2 rings (SSSR count). The Morgan fingerprint density at radius 1 is 1.42 bits per heavy atom. The Hall–Kier alpha value is -2.07. The zero-order valence-corrected chi connectivity index (χ0v) is 11.3. The number of H-pyrrole nitrogens is 1. The molecule has 0 saturated carbocycles. The molecule has 1 amide bonds. The van der Waals surface area contributed by atoms with Gasteiger partial charge in [-0.2, -0.15) is 0 Å². The predicted octanol–water partition coefficient (Wildman–Crippen LogP) is 2.73. The number of carbonyl (C=O) groups is 1. The van der Waals surface area contributed by atoms with E-state index in [-0.39, 0.29) is 5.91 Å². The molecule has 5 heteroatoms. The lowest BCUT2D eigenvalue weighted by Gasteiger charge is -2.12. The molecule has 1 N–H and O–H groups in total. The summed E-state index contributed by atoms with van der Waals surface area (Å²) in [6, 6.07) is 7.30. The summed E-state index contributed by atoms with van der Waals surface area (Å²) in [5, 5.41) is 0.679. The van der Waals surface area contributed by atoms with Gasteiger partial charge in [-0.1, -0.05) is 23.7 Å². The second kappa shape index (κ2) is 6.20. The van der Waals surface area contributed by atoms with Crippen LogP contribution in [0.25, 0.3) is 6.08 Å². The number of amides is 1. The van der Waals surface area contributed by atoms with Gasteiger partial charge in [-0.3, -0.25) is 4.79 Å². The van der Waals surface area contributed by atoms with Gasteiger partial charge in [0.1, 0.15) is 5.82 Å². The van der Waals surface area contributed by atoms with E-state index in [1.807, 2.05) is 12.1 Å². The summed E-state index contributed by atoms with van der Waals surface area (Å²) < 4.78 is 0. The van der Waals surface area contributed by atoms with Crippen LogP contribution in [0.3, 0.4) is 0 Å². The zero-order chi connectivity index (χ0) is 13.7. The highest BCUT2D eigenvalue weighted by atomic mass is 35.5. The van der Waals surface area contributed by atoms with Gasteiger partial charge in [-0.15, -0.1) is 0 Å². The van der Waals surface area contributed by atoms with E-state index in [9.17, 15) is 4.79 Å². The first-order chi connectivity index (χ1) is 9.15. The maximum Gasteiger partial charge on any atom is 0.246 e. The number of aromatic nitrogens is 2. The molecule has 1 aromatic heterocycles. The van der Waals surface area contributed by atoms with E-state index >= 15 is 0 Å². The highest BCUT2D eigenvalue weighted by molar-refractivity contribution is 6.30. The van der Waals surface area contributed by atoms with Crippen LogP contribution in [0.15, 0.2) is 42.7 Å². The minimum Gasteiger partial charge on any atom is -0.347 e. The maximum absolute atomic E-state index is 11.9. The molecule has 0 aliphatic heterocycles. The molecular weight excluding hydrogens is 262 g/mol. The van der Waals surface area contributed by atoms with Crippen molar-refractivity contribution in [2.45, 2.75) is 6.54 Å². The SMILES string of the molecule is CN(Cc1ncc[nH]1)C(=O)C=Cc1ccc(Cl)cc1. The zero-order valence-electron chi connectivity index (χ0n) is 10.5. The summed E-state index contributed by atoms with van der Waals surface area (Å²) in [4.78, 5) is 20.5. The van der Waals surface area contributed by atoms with Gasteiger partial charge in [-0.25, -0.2) is 4.98 Å². The van der Waals surface area contributed by atoms with E-state index in [2.05, 4.69) is 9.97 Å². The van der Waals surface area contributed by atoms with Gasteiger partial charge in [0.2, 0.25) is 5.91 Å². The van der Waals surface area contributed by atoms with E-state index in [1.54, 1.807) is 42.6 Å². The van der Waals surface area contributed by atoms with Gasteiger partial charge in [0.25, 0.3) is 0 Å². The number of aromatic amines is 1. The number of benzene rings is 1. The Morgan fingerprint density at radius 3 is 2.79 bits per heavy atom. The molecule has 0 saturated heterocycles. The van der Waals surface area contributed by atoms with Crippen LogP contribution in [0, 0.1) is 0 Å². The van der Waals surface area contributed by atoms with Crippen molar-refractivity contribution in [1.82, 2.24) is 14.9 Å². The standard InChI is InChI=1S/C14H14ClN3O/c1-18(10-13-16-8-9-17-13)14(19)7-4-11-2-5-12(15)6-3-11/h2-9H,10H2,1H3,(H,16,17). The fourth-order valence-corrected chi connectivity index (χ4v) is 1.68. The summed E-state index contributed by atoms with van der Waals surface area (Å²) in [5.41, 5.74) is 0.934. The molecule has 0 aliphatic carbocycles. The van der Waals surface area contributed by atoms with Gasteiger partial charge in [-0.05, 0) is 23.8 Å². The smallest absolute Gasteiger partial charge is 0.246 e. The minimum atomic E-state index is -0.0775. The van der Waals surface area contributed by atoms with Gasteiger partial charge < -0.3 is 9.88 Å². The fraction of sp³-hybridized carbons (Fsp3) is 0.143. The van der Waals surface area contributed by atoms with Crippen molar-refractivity contribution < 1.29 is 4.79 Å². The normalized spacial score (nSPS) is 10.8. The second-order valence-corrected chi connectivity index (χ2v) is 4.55. The fourth-order valence-electron chi connectivity index (χ4n) is 1.56. The molecule has 0 bridgehead atoms. The lowest BCUT2D eigenvalue weighted by molar-refractivity contribution is -0.125. The van der Waals surface area contributed by atoms with Crippen molar-refractivity contribution >= 4 is 23.6 Å². The molecule has 1 heterocycles. The number of likely N-dealkylation sites (N-methyl/N-ethyl adjacent to an activating group) is 1. The van der Waals surface area contributed by atoms with Crippen LogP contribution in [0.4, 0.5) is 0 Å². The number of hydrogen-bond donors (Lipinski definition) is 1. The molecular formula is C14H14ClN3O. The van der Waals surface area contributed by atoms with Gasteiger partial charge in [0.15, 0.2) is 0 Å². The molecule has 0 fully saturated rings. The topological polar surface area (TPSA) is 49.0 Å². The van der Waals surface area contributed by atoms with E-state index in [0.717, 1.165) is 11.4 Å². The van der Waals surface area contributed by atoms with E-state index in [0.29, 0.717) is 11.6 Å². The number of nitrogens with zero attached hydrogens (tertiary/aromatic N) is 2. The summed E-state index contributed by atoms with van der Waals surface area (Å²) in [7, 11) is 1.73. The van der Waals surface area contributed by atoms with E-state index in [1.165, 1.54) is 6.08 Å². The Morgan fingerprint density at radius 2 is 2.16 bits per heavy atom. The molecule has 1 aromatic carbocycles. The highest BCUT2D eigenvalue weighted by Crippen LogP contribution is 2.10. The van der Waals surface area contributed by atoms with E-state index in [4.69, 9.17) is 11.6 Å². The molecule has 0 unspecified atom stereocenters. The Labute approximate surface area is 116 Å². The molecule has 0 aliphatic rings. The summed E-state index contributed by atoms with van der Waals surface area (Å²) in [6.07, 6.45) is 6.69. The number of imidazole rings is 1. The predicted molar refractivity (Wildman–Crippen MR) is 75.5 cm³/mol. The first-order valence-electron chi connectivity index (χ1n) is 5.82. The van der Waals surface area contributed by atoms with Crippen molar-refractivity contribution in [3.63, 3.8) is 0 Å². The third kappa shape index (κ3) is 3.96. The van der Waals surface area contributed by atoms with Crippen LogP contribution in [0.2, 0.25) is 5.02 Å². The number of carbonyl (C=O) groups excluding carboxylic acids is 1. The highest BCUT2D eigenvalue weighted by Gasteiger charge is 2.06. The van der Waals surface area contributed by atoms with Crippen molar-refractivity contribution in [3.05, 3.63) is 59.1 Å². The Balaban J connectivity index is 1.94. The van der Waals surface area contributed by atoms with Crippen molar-refractivity contribution in [1.29, 1.82) is 0 Å². The summed E-state index contributed by atoms with van der Waals surface area (Å²) >= 11 is 5.79. The third-order valence-corrected chi connectivity index (χ3v) is 2.86. The Bertz CT molecular complexity index is 561. The lowest BCUT2D eigenvalue weighted by atomic mass is 10.2. The monoisotopic (exact) mass is 275 g/mol. The van der Waals surface area contributed by atoms with Gasteiger partial charge in [0, 0.05) is 30.5 Å². The number of halogens is 1. The molecule has 19 heavy (non-hydrogen) atoms. The van der Waals surface area contributed by atoms with Crippen LogP contribution < -0.4 is 0 Å². The molecule has 2 aromatic rings. The Kier molecular flexibility index (Phi) is 4.36. The number of rotatable bonds is 4. The van der Waals surface area contributed by atoms with Crippen molar-refractivity contribution in [3.8, 4) is 0 Å². The van der Waals surface area contributed by atoms with Gasteiger partial charge in [0.05, 0.1) is 6.54 Å². The molecule has 0 atom stereocenters. The van der Waals surface area contributed by atoms with Crippen LogP contribution >= 0.6 is 11.6 Å². The van der Waals surface area contributed by atoms with Crippen LogP contribution in [-0.2, 0) is 11.3 Å². The number of nitrogens with one attached hydrogen (secondary N) is 1.